The first-order chi connectivity index (χ1) is 9.83. The Bertz CT molecular complexity index is 494. The van der Waals surface area contributed by atoms with E-state index in [1.165, 1.54) is 18.3 Å². The van der Waals surface area contributed by atoms with E-state index in [1.54, 1.807) is 0 Å². The fraction of sp³-hybridized carbons (Fsp3) is 0.600. The van der Waals surface area contributed by atoms with Crippen LogP contribution in [-0.2, 0) is 4.74 Å². The standard InChI is InChI=1S/C15H22FN3O2/c1-15(2,3)21-14(20)18-12-5-8-19(9-6-12)13-10-11(16)4-7-17-13/h4,7,10,12H,5-6,8-9H2,1-3H3,(H,18,20). The molecule has 0 aliphatic carbocycles. The molecule has 0 spiro atoms. The number of nitrogens with zero attached hydrogens (tertiary/aromatic N) is 2. The predicted molar refractivity (Wildman–Crippen MR) is 78.8 cm³/mol. The molecule has 2 rings (SSSR count). The van der Waals surface area contributed by atoms with Crippen LogP contribution in [0.5, 0.6) is 0 Å². The van der Waals surface area contributed by atoms with Crippen LogP contribution in [0, 0.1) is 5.82 Å². The number of carbonyl (C=O) groups excluding carboxylic acids is 1. The van der Waals surface area contributed by atoms with Gasteiger partial charge < -0.3 is 15.0 Å². The number of nitrogens with one attached hydrogen (secondary N) is 1. The number of pyridine rings is 1. The molecule has 21 heavy (non-hydrogen) atoms. The number of aromatic nitrogens is 1. The van der Waals surface area contributed by atoms with Crippen LogP contribution >= 0.6 is 0 Å². The van der Waals surface area contributed by atoms with Gasteiger partial charge in [0.2, 0.25) is 0 Å². The van der Waals surface area contributed by atoms with Crippen LogP contribution in [0.1, 0.15) is 33.6 Å². The molecule has 2 heterocycles. The SMILES string of the molecule is CC(C)(C)OC(=O)NC1CCN(c2cc(F)ccn2)CC1. The molecule has 5 nitrogen and oxygen atoms in total. The number of carbonyl (C=O) groups is 1. The highest BCUT2D eigenvalue weighted by Crippen LogP contribution is 2.18. The highest BCUT2D eigenvalue weighted by molar-refractivity contribution is 5.68. The molecule has 0 radical (unpaired) electrons. The van der Waals surface area contributed by atoms with E-state index in [0.29, 0.717) is 5.82 Å². The molecular formula is C15H22FN3O2. The minimum Gasteiger partial charge on any atom is -0.444 e. The summed E-state index contributed by atoms with van der Waals surface area (Å²) >= 11 is 0. The first-order valence-electron chi connectivity index (χ1n) is 7.19. The molecule has 1 N–H and O–H groups in total. The van der Waals surface area contributed by atoms with Crippen LogP contribution in [0.25, 0.3) is 0 Å². The Morgan fingerprint density at radius 2 is 2.10 bits per heavy atom. The topological polar surface area (TPSA) is 54.5 Å². The van der Waals surface area contributed by atoms with E-state index in [-0.39, 0.29) is 18.0 Å². The van der Waals surface area contributed by atoms with Crippen LogP contribution < -0.4 is 10.2 Å². The molecule has 6 heteroatoms. The summed E-state index contributed by atoms with van der Waals surface area (Å²) in [5, 5.41) is 2.88. The number of hydrogen-bond acceptors (Lipinski definition) is 4. The third kappa shape index (κ3) is 4.88. The minimum atomic E-state index is -0.490. The molecule has 0 bridgehead atoms. The lowest BCUT2D eigenvalue weighted by Gasteiger charge is -2.33. The van der Waals surface area contributed by atoms with E-state index in [2.05, 4.69) is 10.3 Å². The van der Waals surface area contributed by atoms with Gasteiger partial charge in [-0.25, -0.2) is 14.2 Å². The summed E-state index contributed by atoms with van der Waals surface area (Å²) in [7, 11) is 0. The van der Waals surface area contributed by atoms with Crippen LogP contribution in [0.4, 0.5) is 15.0 Å². The first-order valence-corrected chi connectivity index (χ1v) is 7.19. The van der Waals surface area contributed by atoms with Crippen LogP contribution in [0.3, 0.4) is 0 Å². The minimum absolute atomic E-state index is 0.0876. The molecule has 0 saturated carbocycles. The van der Waals surface area contributed by atoms with E-state index >= 15 is 0 Å². The van der Waals surface area contributed by atoms with Gasteiger partial charge in [-0.15, -0.1) is 0 Å². The van der Waals surface area contributed by atoms with Crippen molar-refractivity contribution in [2.75, 3.05) is 18.0 Å². The second-order valence-electron chi connectivity index (χ2n) is 6.24. The highest BCUT2D eigenvalue weighted by atomic mass is 19.1. The zero-order valence-electron chi connectivity index (χ0n) is 12.7. The summed E-state index contributed by atoms with van der Waals surface area (Å²) in [6.45, 7) is 6.98. The molecular weight excluding hydrogens is 273 g/mol. The van der Waals surface area contributed by atoms with E-state index in [4.69, 9.17) is 4.74 Å². The number of rotatable bonds is 2. The zero-order chi connectivity index (χ0) is 15.5. The maximum atomic E-state index is 13.2. The number of amides is 1. The van der Waals surface area contributed by atoms with E-state index < -0.39 is 5.60 Å². The Balaban J connectivity index is 1.82. The Morgan fingerprint density at radius 3 is 2.67 bits per heavy atom. The molecule has 0 atom stereocenters. The van der Waals surface area contributed by atoms with Gasteiger partial charge in [0.05, 0.1) is 0 Å². The number of ether oxygens (including phenoxy) is 1. The summed E-state index contributed by atoms with van der Waals surface area (Å²) in [6.07, 6.45) is 2.66. The third-order valence-corrected chi connectivity index (χ3v) is 3.25. The average Bonchev–Trinajstić information content (AvgIpc) is 2.37. The zero-order valence-corrected chi connectivity index (χ0v) is 12.7. The van der Waals surface area contributed by atoms with Crippen LogP contribution in [0.15, 0.2) is 18.3 Å². The molecule has 116 valence electrons. The van der Waals surface area contributed by atoms with Crippen LogP contribution in [-0.4, -0.2) is 35.8 Å². The van der Waals surface area contributed by atoms with Gasteiger partial charge in [0, 0.05) is 31.4 Å². The Labute approximate surface area is 124 Å². The van der Waals surface area contributed by atoms with Gasteiger partial charge >= 0.3 is 6.09 Å². The van der Waals surface area contributed by atoms with Crippen molar-refractivity contribution >= 4 is 11.9 Å². The van der Waals surface area contributed by atoms with Gasteiger partial charge in [0.15, 0.2) is 0 Å². The summed E-state index contributed by atoms with van der Waals surface area (Å²) in [6, 6.07) is 2.85. The van der Waals surface area contributed by atoms with Gasteiger partial charge in [0.1, 0.15) is 17.2 Å². The van der Waals surface area contributed by atoms with Gasteiger partial charge in [-0.1, -0.05) is 0 Å². The fourth-order valence-electron chi connectivity index (χ4n) is 2.29. The molecule has 0 aromatic carbocycles. The quantitative estimate of drug-likeness (QED) is 0.911. The van der Waals surface area contributed by atoms with Crippen molar-refractivity contribution in [1.82, 2.24) is 10.3 Å². The number of hydrogen-bond donors (Lipinski definition) is 1. The summed E-state index contributed by atoms with van der Waals surface area (Å²) in [5.41, 5.74) is -0.490. The maximum absolute atomic E-state index is 13.2. The smallest absolute Gasteiger partial charge is 0.407 e. The maximum Gasteiger partial charge on any atom is 0.407 e. The predicted octanol–water partition coefficient (Wildman–Crippen LogP) is 2.71. The molecule has 0 unspecified atom stereocenters. The molecule has 1 aliphatic rings. The summed E-state index contributed by atoms with van der Waals surface area (Å²) in [5.74, 6) is 0.361. The first kappa shape index (κ1) is 15.5. The lowest BCUT2D eigenvalue weighted by atomic mass is 10.1. The lowest BCUT2D eigenvalue weighted by Crippen LogP contribution is -2.46. The number of halogens is 1. The largest absolute Gasteiger partial charge is 0.444 e. The van der Waals surface area contributed by atoms with Gasteiger partial charge in [-0.2, -0.15) is 0 Å². The van der Waals surface area contributed by atoms with Crippen molar-refractivity contribution < 1.29 is 13.9 Å². The summed E-state index contributed by atoms with van der Waals surface area (Å²) in [4.78, 5) is 17.9. The van der Waals surface area contributed by atoms with Crippen molar-refractivity contribution in [2.24, 2.45) is 0 Å². The molecule has 1 aliphatic heterocycles. The van der Waals surface area contributed by atoms with Gasteiger partial charge in [-0.3, -0.25) is 0 Å². The van der Waals surface area contributed by atoms with Gasteiger partial charge in [0.25, 0.3) is 0 Å². The molecule has 1 aromatic rings. The Hall–Kier alpha value is -1.85. The van der Waals surface area contributed by atoms with Crippen molar-refractivity contribution in [3.63, 3.8) is 0 Å². The summed E-state index contributed by atoms with van der Waals surface area (Å²) < 4.78 is 18.4. The second-order valence-corrected chi connectivity index (χ2v) is 6.24. The second kappa shape index (κ2) is 6.28. The van der Waals surface area contributed by atoms with E-state index in [1.807, 2.05) is 25.7 Å². The Kier molecular flexibility index (Phi) is 4.65. The van der Waals surface area contributed by atoms with E-state index in [0.717, 1.165) is 25.9 Å². The molecule has 1 aromatic heterocycles. The van der Waals surface area contributed by atoms with Crippen molar-refractivity contribution in [3.8, 4) is 0 Å². The molecule has 1 amide bonds. The van der Waals surface area contributed by atoms with Gasteiger partial charge in [-0.05, 0) is 39.7 Å². The lowest BCUT2D eigenvalue weighted by molar-refractivity contribution is 0.0497. The van der Waals surface area contributed by atoms with Crippen molar-refractivity contribution in [3.05, 3.63) is 24.1 Å². The number of piperidine rings is 1. The normalized spacial score (nSPS) is 16.7. The van der Waals surface area contributed by atoms with Crippen LogP contribution in [0.2, 0.25) is 0 Å². The van der Waals surface area contributed by atoms with E-state index in [9.17, 15) is 9.18 Å². The third-order valence-electron chi connectivity index (χ3n) is 3.25. The Morgan fingerprint density at radius 1 is 1.43 bits per heavy atom. The fourth-order valence-corrected chi connectivity index (χ4v) is 2.29. The molecule has 1 fully saturated rings. The monoisotopic (exact) mass is 295 g/mol. The average molecular weight is 295 g/mol. The van der Waals surface area contributed by atoms with Crippen molar-refractivity contribution in [2.45, 2.75) is 45.3 Å². The highest BCUT2D eigenvalue weighted by Gasteiger charge is 2.24. The van der Waals surface area contributed by atoms with Crippen molar-refractivity contribution in [1.29, 1.82) is 0 Å². The number of alkyl carbamates (subject to hydrolysis) is 1. The molecule has 1 saturated heterocycles. The number of anilines is 1.